The van der Waals surface area contributed by atoms with Crippen molar-refractivity contribution in [2.45, 2.75) is 31.3 Å². The van der Waals surface area contributed by atoms with Gasteiger partial charge in [0, 0.05) is 16.0 Å². The Hall–Kier alpha value is -1.27. The van der Waals surface area contributed by atoms with Gasteiger partial charge in [-0.25, -0.2) is 4.68 Å². The van der Waals surface area contributed by atoms with Gasteiger partial charge in [-0.05, 0) is 12.1 Å². The van der Waals surface area contributed by atoms with E-state index in [1.54, 1.807) is 13.1 Å². The van der Waals surface area contributed by atoms with Crippen molar-refractivity contribution in [3.05, 3.63) is 46.8 Å². The van der Waals surface area contributed by atoms with E-state index in [0.29, 0.717) is 5.69 Å². The van der Waals surface area contributed by atoms with Crippen LogP contribution in [0.4, 0.5) is 0 Å². The predicted molar refractivity (Wildman–Crippen MR) is 98.4 cm³/mol. The molecule has 0 radical (unpaired) electrons. The average molecular weight is 476 g/mol. The summed E-state index contributed by atoms with van der Waals surface area (Å²) in [6.45, 7) is 1.02. The molecule has 29 heavy (non-hydrogen) atoms. The largest absolute Gasteiger partial charge is 1.00 e. The van der Waals surface area contributed by atoms with Crippen LogP contribution in [0.15, 0.2) is 46.8 Å². The number of hydrogen-bond donors (Lipinski definition) is 3. The summed E-state index contributed by atoms with van der Waals surface area (Å²) in [5.74, 6) is -2.53. The fraction of sp³-hybridized carbons (Fsp3) is 0.389. The Labute approximate surface area is 197 Å². The summed E-state index contributed by atoms with van der Waals surface area (Å²) in [5.41, 5.74) is 1.38. The summed E-state index contributed by atoms with van der Waals surface area (Å²) in [6, 6.07) is 6.82. The normalized spacial score (nSPS) is 23.3. The van der Waals surface area contributed by atoms with Gasteiger partial charge >= 0.3 is 29.6 Å². The van der Waals surface area contributed by atoms with Crippen molar-refractivity contribution in [1.82, 2.24) is 15.0 Å². The number of aliphatic hydroxyl groups is 3. The van der Waals surface area contributed by atoms with Crippen molar-refractivity contribution in [2.75, 3.05) is 6.61 Å². The first-order valence-corrected chi connectivity index (χ1v) is 9.36. The van der Waals surface area contributed by atoms with Crippen LogP contribution in [0.2, 0.25) is 0 Å². The van der Waals surface area contributed by atoms with Crippen LogP contribution in [0.5, 0.6) is 0 Å². The van der Waals surface area contributed by atoms with Crippen molar-refractivity contribution in [2.24, 2.45) is 5.92 Å². The molecular formula is C18H19BrN3NaO6. The maximum absolute atomic E-state index is 11.4. The van der Waals surface area contributed by atoms with E-state index in [0.717, 1.165) is 10.0 Å². The molecule has 1 aromatic heterocycles. The third-order valence-corrected chi connectivity index (χ3v) is 5.42. The van der Waals surface area contributed by atoms with E-state index in [1.807, 2.05) is 24.3 Å². The maximum Gasteiger partial charge on any atom is 1.00 e. The van der Waals surface area contributed by atoms with Crippen LogP contribution in [-0.4, -0.2) is 61.2 Å². The summed E-state index contributed by atoms with van der Waals surface area (Å²) < 4.78 is 7.61. The first-order chi connectivity index (χ1) is 13.3. The molecule has 0 fully saturated rings. The van der Waals surface area contributed by atoms with Gasteiger partial charge in [0.15, 0.2) is 0 Å². The minimum absolute atomic E-state index is 0. The van der Waals surface area contributed by atoms with Gasteiger partial charge < -0.3 is 30.0 Å². The molecule has 1 unspecified atom stereocenters. The zero-order chi connectivity index (χ0) is 20.4. The molecule has 3 rings (SSSR count). The molecule has 0 saturated carbocycles. The number of ether oxygens (including phenoxy) is 1. The van der Waals surface area contributed by atoms with E-state index in [1.165, 1.54) is 10.8 Å². The second kappa shape index (κ2) is 10.2. The Bertz CT molecular complexity index is 892. The van der Waals surface area contributed by atoms with Crippen LogP contribution < -0.4 is 34.7 Å². The van der Waals surface area contributed by atoms with Crippen LogP contribution >= 0.6 is 15.9 Å². The van der Waals surface area contributed by atoms with Crippen molar-refractivity contribution in [3.8, 4) is 11.3 Å². The minimum atomic E-state index is -1.56. The molecule has 1 aliphatic rings. The Morgan fingerprint density at radius 3 is 2.69 bits per heavy atom. The molecule has 0 amide bonds. The van der Waals surface area contributed by atoms with Gasteiger partial charge in [-0.3, -0.25) is 0 Å². The number of benzene rings is 1. The second-order valence-electron chi connectivity index (χ2n) is 6.55. The molecule has 0 aliphatic carbocycles. The fourth-order valence-electron chi connectivity index (χ4n) is 3.15. The van der Waals surface area contributed by atoms with Gasteiger partial charge in [-0.1, -0.05) is 46.3 Å². The molecule has 2 aromatic rings. The number of halogens is 1. The van der Waals surface area contributed by atoms with E-state index >= 15 is 0 Å². The van der Waals surface area contributed by atoms with Gasteiger partial charge in [-0.2, -0.15) is 0 Å². The molecule has 9 nitrogen and oxygen atoms in total. The number of nitrogens with zero attached hydrogens (tertiary/aromatic N) is 3. The summed E-state index contributed by atoms with van der Waals surface area (Å²) in [5, 5.41) is 48.7. The van der Waals surface area contributed by atoms with Crippen LogP contribution in [0.1, 0.15) is 13.0 Å². The first kappa shape index (κ1) is 24.0. The molecule has 3 N–H and O–H groups in total. The Balaban J connectivity index is 0.00000300. The van der Waals surface area contributed by atoms with E-state index < -0.39 is 48.6 Å². The van der Waals surface area contributed by atoms with Gasteiger partial charge in [-0.15, -0.1) is 5.10 Å². The molecule has 0 spiro atoms. The zero-order valence-corrected chi connectivity index (χ0v) is 19.4. The fourth-order valence-corrected chi connectivity index (χ4v) is 3.64. The molecular weight excluding hydrogens is 457 g/mol. The molecule has 2 heterocycles. The predicted octanol–water partition coefficient (Wildman–Crippen LogP) is -3.36. The molecule has 1 aliphatic heterocycles. The summed E-state index contributed by atoms with van der Waals surface area (Å²) in [7, 11) is 0. The average Bonchev–Trinajstić information content (AvgIpc) is 3.16. The molecule has 11 heteroatoms. The third kappa shape index (κ3) is 5.08. The van der Waals surface area contributed by atoms with E-state index in [9.17, 15) is 20.1 Å². The van der Waals surface area contributed by atoms with Crippen molar-refractivity contribution in [1.29, 1.82) is 0 Å². The number of aliphatic hydroxyl groups excluding tert-OH is 3. The molecule has 1 aromatic carbocycles. The van der Waals surface area contributed by atoms with Crippen molar-refractivity contribution in [3.63, 3.8) is 0 Å². The SMILES string of the molecule is C[C@H]1[C@H]([C@H](O)C(O)CO)OC(C(=O)[O-])=C[C@@H]1n1cc(-c2ccccc2Br)nn1.[Na+]. The summed E-state index contributed by atoms with van der Waals surface area (Å²) >= 11 is 3.45. The zero-order valence-electron chi connectivity index (χ0n) is 15.8. The minimum Gasteiger partial charge on any atom is -0.542 e. The molecule has 150 valence electrons. The maximum atomic E-state index is 11.4. The van der Waals surface area contributed by atoms with Crippen LogP contribution in [-0.2, 0) is 9.53 Å². The topological polar surface area (TPSA) is 141 Å². The van der Waals surface area contributed by atoms with Crippen molar-refractivity contribution >= 4 is 21.9 Å². The smallest absolute Gasteiger partial charge is 0.542 e. The van der Waals surface area contributed by atoms with E-state index in [2.05, 4.69) is 26.2 Å². The number of carbonyl (C=O) groups is 1. The number of carboxylic acids is 1. The van der Waals surface area contributed by atoms with Crippen LogP contribution in [0.25, 0.3) is 11.3 Å². The molecule has 5 atom stereocenters. The number of aromatic nitrogens is 3. The number of carboxylic acid groups (broad SMARTS) is 1. The Morgan fingerprint density at radius 1 is 1.38 bits per heavy atom. The van der Waals surface area contributed by atoms with Crippen LogP contribution in [0.3, 0.4) is 0 Å². The van der Waals surface area contributed by atoms with E-state index in [-0.39, 0.29) is 29.6 Å². The third-order valence-electron chi connectivity index (χ3n) is 4.73. The summed E-state index contributed by atoms with van der Waals surface area (Å²) in [6.07, 6.45) is -1.10. The van der Waals surface area contributed by atoms with Gasteiger partial charge in [0.2, 0.25) is 0 Å². The summed E-state index contributed by atoms with van der Waals surface area (Å²) in [4.78, 5) is 11.4. The van der Waals surface area contributed by atoms with Gasteiger partial charge in [0.25, 0.3) is 0 Å². The Kier molecular flexibility index (Phi) is 8.41. The number of allylic oxidation sites excluding steroid dienone is 1. The number of hydrogen-bond acceptors (Lipinski definition) is 8. The standard InChI is InChI=1S/C18H20BrN3O6.Na/c1-9-13(6-15(18(26)27)28-17(9)16(25)14(24)8-23)22-7-12(20-21-22)10-4-2-3-5-11(10)19;/h2-7,9,13-14,16-17,23-25H,8H2,1H3,(H,26,27);/q;+1/p-1/t9-,13+,14?,16-,17-;/m1./s1. The Morgan fingerprint density at radius 2 is 2.07 bits per heavy atom. The quantitative estimate of drug-likeness (QED) is 0.368. The molecule has 0 bridgehead atoms. The number of rotatable bonds is 6. The number of aliphatic carboxylic acids is 1. The number of carbonyl (C=O) groups excluding carboxylic acids is 1. The van der Waals surface area contributed by atoms with Gasteiger partial charge in [0.1, 0.15) is 35.7 Å². The van der Waals surface area contributed by atoms with Crippen LogP contribution in [0, 0.1) is 5.92 Å². The first-order valence-electron chi connectivity index (χ1n) is 8.57. The monoisotopic (exact) mass is 475 g/mol. The molecule has 0 saturated heterocycles. The van der Waals surface area contributed by atoms with E-state index in [4.69, 9.17) is 9.84 Å². The van der Waals surface area contributed by atoms with Gasteiger partial charge in [0.05, 0.1) is 18.8 Å². The second-order valence-corrected chi connectivity index (χ2v) is 7.41. The van der Waals surface area contributed by atoms with Crippen molar-refractivity contribution < 1.29 is 59.5 Å².